The summed E-state index contributed by atoms with van der Waals surface area (Å²) in [6.45, 7) is 5.39. The van der Waals surface area contributed by atoms with Crippen LogP contribution in [-0.2, 0) is 0 Å². The van der Waals surface area contributed by atoms with Crippen molar-refractivity contribution in [3.8, 4) is 0 Å². The Morgan fingerprint density at radius 2 is 2.09 bits per heavy atom. The number of nitrogens with one attached hydrogen (secondary N) is 1. The van der Waals surface area contributed by atoms with Crippen molar-refractivity contribution in [3.63, 3.8) is 0 Å². The van der Waals surface area contributed by atoms with Gasteiger partial charge in [-0.1, -0.05) is 11.0 Å². The Labute approximate surface area is 69.2 Å². The van der Waals surface area contributed by atoms with Gasteiger partial charge in [0.2, 0.25) is 0 Å². The fourth-order valence-corrected chi connectivity index (χ4v) is 2.76. The van der Waals surface area contributed by atoms with Crippen molar-refractivity contribution in [2.24, 2.45) is 0 Å². The average Bonchev–Trinajstić information content (AvgIpc) is 1.85. The van der Waals surface area contributed by atoms with Crippen molar-refractivity contribution in [1.29, 1.82) is 0 Å². The summed E-state index contributed by atoms with van der Waals surface area (Å²) in [5.74, 6) is 0. The summed E-state index contributed by atoms with van der Waals surface area (Å²) in [4.78, 5) is 0. The van der Waals surface area contributed by atoms with Crippen LogP contribution in [-0.4, -0.2) is 32.5 Å². The molecule has 0 aromatic rings. The van der Waals surface area contributed by atoms with E-state index in [1.54, 1.807) is 4.31 Å². The molecule has 0 aromatic carbocycles. The highest BCUT2D eigenvalue weighted by atomic mass is 32.3. The van der Waals surface area contributed by atoms with Gasteiger partial charge in [-0.25, -0.2) is 4.72 Å². The molecule has 0 amide bonds. The number of hydrogen-bond donors (Lipinski definition) is 3. The van der Waals surface area contributed by atoms with Crippen molar-refractivity contribution < 1.29 is 9.11 Å². The lowest BCUT2D eigenvalue weighted by molar-refractivity contribution is 0.276. The molecule has 1 heterocycles. The van der Waals surface area contributed by atoms with E-state index in [-0.39, 0.29) is 6.04 Å². The van der Waals surface area contributed by atoms with Crippen LogP contribution in [0.15, 0.2) is 0 Å². The molecular formula is C6H16N2O2S. The Kier molecular flexibility index (Phi) is 2.77. The Morgan fingerprint density at radius 3 is 2.45 bits per heavy atom. The first kappa shape index (κ1) is 9.28. The first-order valence-electron chi connectivity index (χ1n) is 3.83. The third-order valence-electron chi connectivity index (χ3n) is 1.75. The van der Waals surface area contributed by atoms with Crippen molar-refractivity contribution in [2.45, 2.75) is 26.3 Å². The standard InChI is InChI=1S/C6H16N2O2S/c1-6(2)8-5-3-4-7-11(8,9)10/h6-7,9-10H,3-5H2,1-2H3. The summed E-state index contributed by atoms with van der Waals surface area (Å²) in [7, 11) is -2.64. The van der Waals surface area contributed by atoms with Gasteiger partial charge in [-0.3, -0.25) is 9.11 Å². The molecule has 68 valence electrons. The van der Waals surface area contributed by atoms with Crippen LogP contribution in [0.1, 0.15) is 20.3 Å². The van der Waals surface area contributed by atoms with Crippen LogP contribution in [0.4, 0.5) is 0 Å². The molecule has 1 aliphatic rings. The molecule has 0 aliphatic carbocycles. The van der Waals surface area contributed by atoms with Crippen LogP contribution in [0.5, 0.6) is 0 Å². The van der Waals surface area contributed by atoms with Gasteiger partial charge in [-0.05, 0) is 20.3 Å². The molecule has 0 bridgehead atoms. The van der Waals surface area contributed by atoms with Gasteiger partial charge in [0.05, 0.1) is 0 Å². The Morgan fingerprint density at radius 1 is 1.45 bits per heavy atom. The molecule has 1 fully saturated rings. The molecule has 1 saturated heterocycles. The normalized spacial score (nSPS) is 28.8. The summed E-state index contributed by atoms with van der Waals surface area (Å²) in [5, 5.41) is 0. The molecule has 0 radical (unpaired) electrons. The predicted octanol–water partition coefficient (Wildman–Crippen LogP) is 1.27. The van der Waals surface area contributed by atoms with E-state index in [0.717, 1.165) is 13.0 Å². The van der Waals surface area contributed by atoms with E-state index in [4.69, 9.17) is 0 Å². The lowest BCUT2D eigenvalue weighted by atomic mass is 10.3. The maximum Gasteiger partial charge on any atom is 0.0247 e. The molecule has 4 nitrogen and oxygen atoms in total. The highest BCUT2D eigenvalue weighted by molar-refractivity contribution is 8.20. The minimum atomic E-state index is -2.64. The summed E-state index contributed by atoms with van der Waals surface area (Å²) in [6, 6.07) is 0.188. The summed E-state index contributed by atoms with van der Waals surface area (Å²) in [5.41, 5.74) is 0. The van der Waals surface area contributed by atoms with Crippen molar-refractivity contribution in [2.75, 3.05) is 13.1 Å². The number of rotatable bonds is 1. The molecule has 0 aromatic heterocycles. The third-order valence-corrected chi connectivity index (χ3v) is 3.60. The van der Waals surface area contributed by atoms with Crippen molar-refractivity contribution >= 4 is 11.0 Å². The van der Waals surface area contributed by atoms with Crippen LogP contribution < -0.4 is 4.72 Å². The zero-order valence-corrected chi connectivity index (χ0v) is 7.77. The van der Waals surface area contributed by atoms with Crippen LogP contribution >= 0.6 is 11.0 Å². The number of nitrogens with zero attached hydrogens (tertiary/aromatic N) is 1. The zero-order valence-electron chi connectivity index (χ0n) is 6.95. The van der Waals surface area contributed by atoms with E-state index in [9.17, 15) is 9.11 Å². The van der Waals surface area contributed by atoms with Gasteiger partial charge in [0.15, 0.2) is 0 Å². The maximum absolute atomic E-state index is 9.46. The lowest BCUT2D eigenvalue weighted by Gasteiger charge is -2.48. The molecule has 0 atom stereocenters. The average molecular weight is 180 g/mol. The molecule has 0 spiro atoms. The lowest BCUT2D eigenvalue weighted by Crippen LogP contribution is -2.46. The fraction of sp³-hybridized carbons (Fsp3) is 1.00. The first-order chi connectivity index (χ1) is 5.04. The zero-order chi connectivity index (χ0) is 8.48. The highest BCUT2D eigenvalue weighted by Gasteiger charge is 2.27. The van der Waals surface area contributed by atoms with Crippen LogP contribution in [0.25, 0.3) is 0 Å². The molecule has 11 heavy (non-hydrogen) atoms. The SMILES string of the molecule is CC(C)N1CCCNS1(O)O. The predicted molar refractivity (Wildman–Crippen MR) is 47.3 cm³/mol. The monoisotopic (exact) mass is 180 g/mol. The maximum atomic E-state index is 9.46. The van der Waals surface area contributed by atoms with Crippen LogP contribution in [0, 0.1) is 0 Å². The van der Waals surface area contributed by atoms with E-state index in [1.165, 1.54) is 0 Å². The second-order valence-corrected chi connectivity index (χ2v) is 4.80. The van der Waals surface area contributed by atoms with E-state index in [0.29, 0.717) is 6.54 Å². The Hall–Kier alpha value is 0.190. The summed E-state index contributed by atoms with van der Waals surface area (Å²) >= 11 is 0. The molecule has 3 N–H and O–H groups in total. The van der Waals surface area contributed by atoms with Crippen LogP contribution in [0.2, 0.25) is 0 Å². The van der Waals surface area contributed by atoms with Crippen LogP contribution in [0.3, 0.4) is 0 Å². The molecule has 1 aliphatic heterocycles. The second kappa shape index (κ2) is 3.28. The van der Waals surface area contributed by atoms with Gasteiger partial charge in [-0.2, -0.15) is 4.31 Å². The molecular weight excluding hydrogens is 164 g/mol. The van der Waals surface area contributed by atoms with Gasteiger partial charge in [-0.15, -0.1) is 0 Å². The quantitative estimate of drug-likeness (QED) is 0.569. The van der Waals surface area contributed by atoms with Gasteiger partial charge in [0.25, 0.3) is 0 Å². The Bertz CT molecular complexity index is 141. The fourth-order valence-electron chi connectivity index (χ4n) is 1.21. The highest BCUT2D eigenvalue weighted by Crippen LogP contribution is 2.42. The van der Waals surface area contributed by atoms with Gasteiger partial charge in [0.1, 0.15) is 0 Å². The third kappa shape index (κ3) is 2.07. The molecule has 0 saturated carbocycles. The van der Waals surface area contributed by atoms with E-state index in [1.807, 2.05) is 13.8 Å². The molecule has 1 rings (SSSR count). The van der Waals surface area contributed by atoms with E-state index in [2.05, 4.69) is 4.72 Å². The first-order valence-corrected chi connectivity index (χ1v) is 5.34. The largest absolute Gasteiger partial charge is 0.272 e. The van der Waals surface area contributed by atoms with Crippen molar-refractivity contribution in [1.82, 2.24) is 9.03 Å². The topological polar surface area (TPSA) is 55.7 Å². The van der Waals surface area contributed by atoms with E-state index < -0.39 is 11.0 Å². The number of hydrogen-bond acceptors (Lipinski definition) is 4. The second-order valence-electron chi connectivity index (χ2n) is 3.00. The molecule has 0 unspecified atom stereocenters. The summed E-state index contributed by atoms with van der Waals surface area (Å²) in [6.07, 6.45) is 0.980. The van der Waals surface area contributed by atoms with Gasteiger partial charge in [0, 0.05) is 19.1 Å². The van der Waals surface area contributed by atoms with E-state index >= 15 is 0 Å². The Balaban J connectivity index is 2.60. The molecule has 5 heteroatoms. The van der Waals surface area contributed by atoms with Gasteiger partial charge >= 0.3 is 0 Å². The van der Waals surface area contributed by atoms with Gasteiger partial charge < -0.3 is 0 Å². The summed E-state index contributed by atoms with van der Waals surface area (Å²) < 4.78 is 23.3. The smallest absolute Gasteiger partial charge is 0.0247 e. The minimum absolute atomic E-state index is 0.188. The van der Waals surface area contributed by atoms with Crippen molar-refractivity contribution in [3.05, 3.63) is 0 Å². The minimum Gasteiger partial charge on any atom is -0.272 e.